The second-order valence-electron chi connectivity index (χ2n) is 7.76. The molecule has 0 radical (unpaired) electrons. The van der Waals surface area contributed by atoms with Gasteiger partial charge in [0.15, 0.2) is 0 Å². The maximum absolute atomic E-state index is 13.8. The van der Waals surface area contributed by atoms with Crippen LogP contribution >= 0.6 is 11.6 Å². The minimum atomic E-state index is -3.77. The van der Waals surface area contributed by atoms with Crippen LogP contribution in [0.3, 0.4) is 0 Å². The number of hydrogen-bond acceptors (Lipinski definition) is 6. The summed E-state index contributed by atoms with van der Waals surface area (Å²) in [5, 5.41) is 9.81. The van der Waals surface area contributed by atoms with Crippen LogP contribution in [0.15, 0.2) is 82.4 Å². The van der Waals surface area contributed by atoms with Gasteiger partial charge in [-0.2, -0.15) is 0 Å². The minimum Gasteiger partial charge on any atom is -0.387 e. The monoisotopic (exact) mass is 537 g/mol. The third-order valence-corrected chi connectivity index (χ3v) is 6.00. The van der Waals surface area contributed by atoms with Gasteiger partial charge in [-0.25, -0.2) is 17.9 Å². The first kappa shape index (κ1) is 31.0. The molecular formula is C25H33ClFN5O3S. The van der Waals surface area contributed by atoms with Crippen molar-refractivity contribution in [2.45, 2.75) is 31.9 Å². The lowest BCUT2D eigenvalue weighted by molar-refractivity contribution is 0.0953. The molecule has 1 heterocycles. The van der Waals surface area contributed by atoms with E-state index in [2.05, 4.69) is 20.6 Å². The van der Waals surface area contributed by atoms with Crippen molar-refractivity contribution in [1.29, 1.82) is 0 Å². The number of allylic oxidation sites excluding steroid dienone is 5. The summed E-state index contributed by atoms with van der Waals surface area (Å²) in [4.78, 5) is 20.8. The number of rotatable bonds is 14. The number of carbonyl (C=O) groups is 1. The molecule has 1 atom stereocenters. The Bertz CT molecular complexity index is 1160. The number of nitrogens with two attached hydrogens (primary N) is 1. The van der Waals surface area contributed by atoms with Crippen LogP contribution in [0.4, 0.5) is 4.39 Å². The van der Waals surface area contributed by atoms with Crippen LogP contribution in [0, 0.1) is 0 Å². The van der Waals surface area contributed by atoms with Crippen LogP contribution in [0.1, 0.15) is 36.3 Å². The van der Waals surface area contributed by atoms with Crippen LogP contribution in [-0.2, 0) is 16.4 Å². The van der Waals surface area contributed by atoms with Gasteiger partial charge in [0.25, 0.3) is 5.91 Å². The van der Waals surface area contributed by atoms with E-state index in [4.69, 9.17) is 16.7 Å². The molecular weight excluding hydrogens is 505 g/mol. The summed E-state index contributed by atoms with van der Waals surface area (Å²) in [6, 6.07) is 3.16. The quantitative estimate of drug-likeness (QED) is 0.189. The van der Waals surface area contributed by atoms with Crippen molar-refractivity contribution in [3.05, 3.63) is 88.7 Å². The van der Waals surface area contributed by atoms with Gasteiger partial charge in [-0.15, -0.1) is 0 Å². The number of aliphatic imine (C=N–C) groups is 1. The second kappa shape index (κ2) is 16.6. The first-order chi connectivity index (χ1) is 17.1. The van der Waals surface area contributed by atoms with Crippen molar-refractivity contribution < 1.29 is 17.6 Å². The summed E-state index contributed by atoms with van der Waals surface area (Å²) in [6.45, 7) is 3.78. The highest BCUT2D eigenvalue weighted by Crippen LogP contribution is 2.13. The fourth-order valence-electron chi connectivity index (χ4n) is 2.85. The molecule has 36 heavy (non-hydrogen) atoms. The smallest absolute Gasteiger partial charge is 0.251 e. The van der Waals surface area contributed by atoms with Crippen molar-refractivity contribution in [3.8, 4) is 0 Å². The Morgan fingerprint density at radius 1 is 1.39 bits per heavy atom. The molecule has 1 aromatic rings. The number of aromatic nitrogens is 1. The fourth-order valence-corrected chi connectivity index (χ4v) is 3.30. The summed E-state index contributed by atoms with van der Waals surface area (Å²) in [7, 11) is -2.10. The molecule has 0 fully saturated rings. The number of amides is 1. The molecule has 1 unspecified atom stereocenters. The van der Waals surface area contributed by atoms with Gasteiger partial charge in [-0.1, -0.05) is 35.9 Å². The van der Waals surface area contributed by atoms with Gasteiger partial charge in [0.05, 0.1) is 11.1 Å². The van der Waals surface area contributed by atoms with E-state index >= 15 is 0 Å². The highest BCUT2D eigenvalue weighted by atomic mass is 35.5. The van der Waals surface area contributed by atoms with E-state index in [0.717, 1.165) is 5.57 Å². The number of halogens is 2. The van der Waals surface area contributed by atoms with Crippen molar-refractivity contribution in [1.82, 2.24) is 15.6 Å². The molecule has 8 nitrogen and oxygen atoms in total. The normalized spacial score (nSPS) is 14.7. The third-order valence-electron chi connectivity index (χ3n) is 4.70. The number of sulfonamides is 1. The highest BCUT2D eigenvalue weighted by molar-refractivity contribution is 7.89. The zero-order chi connectivity index (χ0) is 27.0. The van der Waals surface area contributed by atoms with Crippen molar-refractivity contribution in [3.63, 3.8) is 0 Å². The first-order valence-electron chi connectivity index (χ1n) is 11.1. The molecule has 0 spiro atoms. The molecule has 0 aliphatic rings. The second-order valence-corrected chi connectivity index (χ2v) is 9.94. The SMILES string of the molecule is C\N=C/C(C)=C\C=C\C(=C/C(C)S(N)(=O)=O)Cc1cc(C(=O)NCC/C(F)=C\CN/C=C/Cl)ccn1. The Labute approximate surface area is 217 Å². The molecule has 196 valence electrons. The summed E-state index contributed by atoms with van der Waals surface area (Å²) in [5.41, 5.74) is 3.77. The Hall–Kier alpha value is -3.08. The summed E-state index contributed by atoms with van der Waals surface area (Å²) < 4.78 is 37.3. The van der Waals surface area contributed by atoms with E-state index in [-0.39, 0.29) is 37.7 Å². The predicted molar refractivity (Wildman–Crippen MR) is 145 cm³/mol. The topological polar surface area (TPSA) is 127 Å². The van der Waals surface area contributed by atoms with E-state index in [0.29, 0.717) is 16.8 Å². The Balaban J connectivity index is 2.93. The van der Waals surface area contributed by atoms with Gasteiger partial charge >= 0.3 is 0 Å². The van der Waals surface area contributed by atoms with Gasteiger partial charge in [-0.3, -0.25) is 14.8 Å². The zero-order valence-corrected chi connectivity index (χ0v) is 22.2. The molecule has 0 aliphatic heterocycles. The fraction of sp³-hybridized carbons (Fsp3) is 0.320. The molecule has 0 saturated carbocycles. The van der Waals surface area contributed by atoms with E-state index in [1.165, 1.54) is 30.9 Å². The lowest BCUT2D eigenvalue weighted by Gasteiger charge is -2.09. The third kappa shape index (κ3) is 13.1. The predicted octanol–water partition coefficient (Wildman–Crippen LogP) is 3.70. The number of nitrogens with one attached hydrogen (secondary N) is 2. The number of carbonyl (C=O) groups excluding carboxylic acids is 1. The van der Waals surface area contributed by atoms with Gasteiger partial charge in [-0.05, 0) is 43.2 Å². The Morgan fingerprint density at radius 2 is 2.14 bits per heavy atom. The number of nitrogens with zero attached hydrogens (tertiary/aromatic N) is 2. The lowest BCUT2D eigenvalue weighted by atomic mass is 10.1. The molecule has 0 bridgehead atoms. The molecule has 1 rings (SSSR count). The van der Waals surface area contributed by atoms with Gasteiger partial charge < -0.3 is 10.6 Å². The van der Waals surface area contributed by atoms with E-state index in [1.807, 2.05) is 13.0 Å². The number of pyridine rings is 1. The minimum absolute atomic E-state index is 0.0504. The molecule has 0 saturated heterocycles. The summed E-state index contributed by atoms with van der Waals surface area (Å²) >= 11 is 5.36. The van der Waals surface area contributed by atoms with E-state index < -0.39 is 15.3 Å². The van der Waals surface area contributed by atoms with Crippen molar-refractivity contribution in [2.75, 3.05) is 20.1 Å². The lowest BCUT2D eigenvalue weighted by Crippen LogP contribution is -2.25. The molecule has 1 aromatic heterocycles. The summed E-state index contributed by atoms with van der Waals surface area (Å²) in [6.07, 6.45) is 13.3. The number of hydrogen-bond donors (Lipinski definition) is 3. The molecule has 0 aliphatic carbocycles. The van der Waals surface area contributed by atoms with E-state index in [1.54, 1.807) is 43.6 Å². The van der Waals surface area contributed by atoms with Crippen LogP contribution in [0.5, 0.6) is 0 Å². The maximum atomic E-state index is 13.8. The standard InChI is InChI=1S/C25H33ClFN5O3S/c1-19(18-29-3)5-4-6-21(15-20(2)36(28,34)35)16-24-17-22(7-12-31-24)25(33)32-13-9-23(27)8-11-30-14-10-26/h4-8,10,12,14-15,17-18,20,30H,9,11,13,16H2,1-3H3,(H,32,33)(H2,28,34,35)/b6-4+,14-10+,19-5-,21-15+,23-8+,29-18-. The van der Waals surface area contributed by atoms with Gasteiger partial charge in [0.1, 0.15) is 0 Å². The van der Waals surface area contributed by atoms with Crippen LogP contribution < -0.4 is 15.8 Å². The van der Waals surface area contributed by atoms with Crippen LogP contribution in [0.25, 0.3) is 0 Å². The number of primary sulfonamides is 1. The maximum Gasteiger partial charge on any atom is 0.251 e. The van der Waals surface area contributed by atoms with Gasteiger partial charge in [0, 0.05) is 68.4 Å². The Kier molecular flexibility index (Phi) is 14.2. The summed E-state index contributed by atoms with van der Waals surface area (Å²) in [5.74, 6) is -0.729. The van der Waals surface area contributed by atoms with Crippen molar-refractivity contribution >= 4 is 33.7 Å². The zero-order valence-electron chi connectivity index (χ0n) is 20.6. The molecule has 0 aromatic carbocycles. The van der Waals surface area contributed by atoms with Crippen LogP contribution in [0.2, 0.25) is 0 Å². The first-order valence-corrected chi connectivity index (χ1v) is 13.2. The largest absolute Gasteiger partial charge is 0.387 e. The van der Waals surface area contributed by atoms with Crippen molar-refractivity contribution in [2.24, 2.45) is 10.1 Å². The average molecular weight is 538 g/mol. The Morgan fingerprint density at radius 3 is 2.81 bits per heavy atom. The molecule has 1 amide bonds. The highest BCUT2D eigenvalue weighted by Gasteiger charge is 2.14. The molecule has 11 heteroatoms. The van der Waals surface area contributed by atoms with Gasteiger partial charge in [0.2, 0.25) is 10.0 Å². The average Bonchev–Trinajstić information content (AvgIpc) is 2.81. The van der Waals surface area contributed by atoms with Crippen LogP contribution in [-0.4, -0.2) is 50.9 Å². The molecule has 4 N–H and O–H groups in total. The van der Waals surface area contributed by atoms with E-state index in [9.17, 15) is 17.6 Å².